The van der Waals surface area contributed by atoms with Crippen molar-refractivity contribution in [2.45, 2.75) is 0 Å². The Labute approximate surface area is 122 Å². The van der Waals surface area contributed by atoms with Crippen molar-refractivity contribution in [2.24, 2.45) is 0 Å². The third kappa shape index (κ3) is 3.00. The molecule has 0 unspecified atom stereocenters. The summed E-state index contributed by atoms with van der Waals surface area (Å²) in [6, 6.07) is 7.53. The number of nitrogens with one attached hydrogen (secondary N) is 1. The quantitative estimate of drug-likeness (QED) is 0.893. The lowest BCUT2D eigenvalue weighted by atomic mass is 10.3. The summed E-state index contributed by atoms with van der Waals surface area (Å²) in [7, 11) is 1.54. The Morgan fingerprint density at radius 2 is 1.95 bits per heavy atom. The standard InChI is InChI=1S/C13H10BrNO5/c1-19-9-3-2-7(6-8(9)14)15-12(16)10-4-5-11(20-10)13(17)18/h2-6H,1H3,(H,15,16)(H,17,18). The molecule has 6 nitrogen and oxygen atoms in total. The number of carbonyl (C=O) groups excluding carboxylic acids is 1. The van der Waals surface area contributed by atoms with Crippen LogP contribution in [0.15, 0.2) is 39.2 Å². The van der Waals surface area contributed by atoms with Gasteiger partial charge in [-0.15, -0.1) is 0 Å². The number of carboxylic acid groups (broad SMARTS) is 1. The van der Waals surface area contributed by atoms with Gasteiger partial charge in [0, 0.05) is 5.69 Å². The van der Waals surface area contributed by atoms with E-state index in [1.165, 1.54) is 19.2 Å². The number of carboxylic acids is 1. The van der Waals surface area contributed by atoms with Crippen LogP contribution < -0.4 is 10.1 Å². The van der Waals surface area contributed by atoms with Crippen molar-refractivity contribution in [3.8, 4) is 5.75 Å². The molecule has 0 bridgehead atoms. The number of ether oxygens (including phenoxy) is 1. The molecular formula is C13H10BrNO5. The van der Waals surface area contributed by atoms with E-state index in [9.17, 15) is 9.59 Å². The van der Waals surface area contributed by atoms with E-state index in [1.807, 2.05) is 0 Å². The lowest BCUT2D eigenvalue weighted by Gasteiger charge is -2.07. The lowest BCUT2D eigenvalue weighted by molar-refractivity contribution is 0.0660. The SMILES string of the molecule is COc1ccc(NC(=O)c2ccc(C(=O)O)o2)cc1Br. The molecule has 0 fully saturated rings. The smallest absolute Gasteiger partial charge is 0.371 e. The van der Waals surface area contributed by atoms with Crippen molar-refractivity contribution >= 4 is 33.5 Å². The number of benzene rings is 1. The predicted octanol–water partition coefficient (Wildman–Crippen LogP) is 3.00. The van der Waals surface area contributed by atoms with E-state index in [4.69, 9.17) is 14.3 Å². The zero-order valence-corrected chi connectivity index (χ0v) is 11.9. The number of hydrogen-bond acceptors (Lipinski definition) is 4. The fourth-order valence-corrected chi connectivity index (χ4v) is 2.05. The second-order valence-corrected chi connectivity index (χ2v) is 4.63. The second-order valence-electron chi connectivity index (χ2n) is 3.77. The zero-order chi connectivity index (χ0) is 14.7. The molecule has 1 heterocycles. The van der Waals surface area contributed by atoms with Gasteiger partial charge in [0.1, 0.15) is 5.75 Å². The Balaban J connectivity index is 2.14. The van der Waals surface area contributed by atoms with Crippen LogP contribution in [0.1, 0.15) is 21.1 Å². The highest BCUT2D eigenvalue weighted by Crippen LogP contribution is 2.27. The Morgan fingerprint density at radius 3 is 2.50 bits per heavy atom. The molecule has 0 aliphatic rings. The highest BCUT2D eigenvalue weighted by molar-refractivity contribution is 9.10. The predicted molar refractivity (Wildman–Crippen MR) is 74.3 cm³/mol. The third-order valence-corrected chi connectivity index (χ3v) is 3.07. The molecule has 0 atom stereocenters. The summed E-state index contributed by atoms with van der Waals surface area (Å²) in [6.45, 7) is 0. The number of aromatic carboxylic acids is 1. The van der Waals surface area contributed by atoms with Crippen LogP contribution in [0.3, 0.4) is 0 Å². The molecule has 0 saturated carbocycles. The van der Waals surface area contributed by atoms with Gasteiger partial charge in [-0.25, -0.2) is 4.79 Å². The van der Waals surface area contributed by atoms with Crippen LogP contribution in [0.2, 0.25) is 0 Å². The van der Waals surface area contributed by atoms with E-state index < -0.39 is 11.9 Å². The van der Waals surface area contributed by atoms with Crippen LogP contribution in [-0.4, -0.2) is 24.1 Å². The van der Waals surface area contributed by atoms with E-state index in [-0.39, 0.29) is 11.5 Å². The summed E-state index contributed by atoms with van der Waals surface area (Å²) in [5, 5.41) is 11.3. The Bertz CT molecular complexity index is 665. The molecular weight excluding hydrogens is 330 g/mol. The summed E-state index contributed by atoms with van der Waals surface area (Å²) in [6.07, 6.45) is 0. The highest BCUT2D eigenvalue weighted by Gasteiger charge is 2.15. The maximum atomic E-state index is 11.9. The lowest BCUT2D eigenvalue weighted by Crippen LogP contribution is -2.11. The van der Waals surface area contributed by atoms with Gasteiger partial charge in [0.25, 0.3) is 5.91 Å². The first-order chi connectivity index (χ1) is 9.51. The average Bonchev–Trinajstić information content (AvgIpc) is 2.88. The number of hydrogen-bond donors (Lipinski definition) is 2. The van der Waals surface area contributed by atoms with Crippen molar-refractivity contribution in [1.29, 1.82) is 0 Å². The van der Waals surface area contributed by atoms with Gasteiger partial charge in [-0.05, 0) is 46.3 Å². The molecule has 0 aliphatic heterocycles. The van der Waals surface area contributed by atoms with Crippen LogP contribution in [-0.2, 0) is 0 Å². The van der Waals surface area contributed by atoms with Gasteiger partial charge in [0.05, 0.1) is 11.6 Å². The fourth-order valence-electron chi connectivity index (χ4n) is 1.51. The molecule has 0 radical (unpaired) electrons. The van der Waals surface area contributed by atoms with Gasteiger partial charge < -0.3 is 19.6 Å². The summed E-state index contributed by atoms with van der Waals surface area (Å²) in [4.78, 5) is 22.5. The molecule has 1 aromatic heterocycles. The molecule has 2 aromatic rings. The minimum atomic E-state index is -1.23. The van der Waals surface area contributed by atoms with E-state index in [2.05, 4.69) is 21.2 Å². The number of anilines is 1. The molecule has 1 aromatic carbocycles. The summed E-state index contributed by atoms with van der Waals surface area (Å²) < 4.78 is 10.7. The number of rotatable bonds is 4. The number of carbonyl (C=O) groups is 2. The monoisotopic (exact) mass is 339 g/mol. The molecule has 2 N–H and O–H groups in total. The summed E-state index contributed by atoms with van der Waals surface area (Å²) in [5.74, 6) is -1.49. The molecule has 0 saturated heterocycles. The second kappa shape index (κ2) is 5.79. The molecule has 20 heavy (non-hydrogen) atoms. The van der Waals surface area contributed by atoms with Gasteiger partial charge in [-0.1, -0.05) is 0 Å². The van der Waals surface area contributed by atoms with Crippen molar-refractivity contribution in [3.05, 3.63) is 46.3 Å². The van der Waals surface area contributed by atoms with Crippen molar-refractivity contribution in [3.63, 3.8) is 0 Å². The van der Waals surface area contributed by atoms with Crippen LogP contribution in [0.5, 0.6) is 5.75 Å². The van der Waals surface area contributed by atoms with E-state index >= 15 is 0 Å². The Morgan fingerprint density at radius 1 is 1.25 bits per heavy atom. The normalized spacial score (nSPS) is 10.1. The van der Waals surface area contributed by atoms with Crippen molar-refractivity contribution < 1.29 is 23.8 Å². The van der Waals surface area contributed by atoms with Gasteiger partial charge in [0.15, 0.2) is 5.76 Å². The topological polar surface area (TPSA) is 88.8 Å². The van der Waals surface area contributed by atoms with E-state index in [0.717, 1.165) is 0 Å². The third-order valence-electron chi connectivity index (χ3n) is 2.45. The van der Waals surface area contributed by atoms with Crippen LogP contribution in [0.25, 0.3) is 0 Å². The van der Waals surface area contributed by atoms with Crippen LogP contribution in [0, 0.1) is 0 Å². The molecule has 104 valence electrons. The highest BCUT2D eigenvalue weighted by atomic mass is 79.9. The first kappa shape index (κ1) is 14.1. The van der Waals surface area contributed by atoms with Crippen LogP contribution >= 0.6 is 15.9 Å². The molecule has 7 heteroatoms. The van der Waals surface area contributed by atoms with Gasteiger partial charge >= 0.3 is 5.97 Å². The van der Waals surface area contributed by atoms with Crippen LogP contribution in [0.4, 0.5) is 5.69 Å². The first-order valence-electron chi connectivity index (χ1n) is 5.49. The summed E-state index contributed by atoms with van der Waals surface area (Å²) in [5.41, 5.74) is 0.524. The Hall–Kier alpha value is -2.28. The largest absolute Gasteiger partial charge is 0.496 e. The maximum absolute atomic E-state index is 11.9. The van der Waals surface area contributed by atoms with E-state index in [1.54, 1.807) is 18.2 Å². The van der Waals surface area contributed by atoms with Crippen molar-refractivity contribution in [2.75, 3.05) is 12.4 Å². The minimum Gasteiger partial charge on any atom is -0.496 e. The minimum absolute atomic E-state index is 0.0747. The molecule has 2 rings (SSSR count). The van der Waals surface area contributed by atoms with Crippen molar-refractivity contribution in [1.82, 2.24) is 0 Å². The molecule has 0 spiro atoms. The molecule has 0 aliphatic carbocycles. The molecule has 1 amide bonds. The fraction of sp³-hybridized carbons (Fsp3) is 0.0769. The first-order valence-corrected chi connectivity index (χ1v) is 6.28. The number of furan rings is 1. The number of halogens is 1. The van der Waals surface area contributed by atoms with Gasteiger partial charge in [-0.2, -0.15) is 0 Å². The number of amides is 1. The zero-order valence-electron chi connectivity index (χ0n) is 10.3. The maximum Gasteiger partial charge on any atom is 0.371 e. The Kier molecular flexibility index (Phi) is 4.09. The van der Waals surface area contributed by atoms with Gasteiger partial charge in [-0.3, -0.25) is 4.79 Å². The average molecular weight is 340 g/mol. The van der Waals surface area contributed by atoms with E-state index in [0.29, 0.717) is 15.9 Å². The number of methoxy groups -OCH3 is 1. The summed E-state index contributed by atoms with van der Waals surface area (Å²) >= 11 is 3.30. The van der Waals surface area contributed by atoms with Gasteiger partial charge in [0.2, 0.25) is 5.76 Å².